The van der Waals surface area contributed by atoms with Crippen LogP contribution in [0.5, 0.6) is 5.75 Å². The highest BCUT2D eigenvalue weighted by Crippen LogP contribution is 2.27. The van der Waals surface area contributed by atoms with Crippen molar-refractivity contribution in [1.29, 1.82) is 0 Å². The average molecular weight is 282 g/mol. The first kappa shape index (κ1) is 14.7. The van der Waals surface area contributed by atoms with Gasteiger partial charge in [-0.2, -0.15) is 0 Å². The summed E-state index contributed by atoms with van der Waals surface area (Å²) in [6, 6.07) is 8.11. The Morgan fingerprint density at radius 2 is 2.11 bits per heavy atom. The fourth-order valence-corrected chi connectivity index (χ4v) is 3.08. The van der Waals surface area contributed by atoms with Gasteiger partial charge in [-0.05, 0) is 43.5 Å². The second-order valence-electron chi connectivity index (χ2n) is 5.33. The molecule has 1 aromatic carbocycles. The molecule has 1 aliphatic carbocycles. The largest absolute Gasteiger partial charge is 0.492 e. The first-order chi connectivity index (χ1) is 9.29. The van der Waals surface area contributed by atoms with Crippen molar-refractivity contribution in [3.63, 3.8) is 0 Å². The Labute approximate surface area is 121 Å². The van der Waals surface area contributed by atoms with Gasteiger partial charge in [0.25, 0.3) is 0 Å². The van der Waals surface area contributed by atoms with Crippen LogP contribution in [0.3, 0.4) is 0 Å². The predicted molar refractivity (Wildman–Crippen MR) is 81.0 cm³/mol. The smallest absolute Gasteiger partial charge is 0.120 e. The minimum absolute atomic E-state index is 0.462. The van der Waals surface area contributed by atoms with Crippen molar-refractivity contribution in [2.75, 3.05) is 13.2 Å². The van der Waals surface area contributed by atoms with Crippen molar-refractivity contribution in [3.8, 4) is 5.75 Å². The van der Waals surface area contributed by atoms with Crippen LogP contribution in [0.1, 0.15) is 39.0 Å². The van der Waals surface area contributed by atoms with Crippen molar-refractivity contribution in [2.45, 2.75) is 45.1 Å². The molecule has 0 spiro atoms. The van der Waals surface area contributed by atoms with Crippen molar-refractivity contribution < 1.29 is 4.74 Å². The molecular weight excluding hydrogens is 258 g/mol. The van der Waals surface area contributed by atoms with Crippen LogP contribution in [0, 0.1) is 5.92 Å². The maximum absolute atomic E-state index is 5.97. The molecule has 0 amide bonds. The first-order valence-corrected chi connectivity index (χ1v) is 7.79. The molecule has 106 valence electrons. The Morgan fingerprint density at radius 3 is 2.79 bits per heavy atom. The van der Waals surface area contributed by atoms with Crippen LogP contribution >= 0.6 is 11.6 Å². The molecule has 0 saturated heterocycles. The van der Waals surface area contributed by atoms with E-state index in [4.69, 9.17) is 16.3 Å². The number of hydrogen-bond donors (Lipinski definition) is 1. The SMILES string of the molecule is CCNC(COc1cccc(Cl)c1)C1CCCCC1. The molecule has 2 rings (SSSR count). The molecule has 1 fully saturated rings. The molecule has 0 aliphatic heterocycles. The second-order valence-corrected chi connectivity index (χ2v) is 5.77. The lowest BCUT2D eigenvalue weighted by molar-refractivity contribution is 0.187. The van der Waals surface area contributed by atoms with E-state index in [1.807, 2.05) is 24.3 Å². The summed E-state index contributed by atoms with van der Waals surface area (Å²) in [4.78, 5) is 0. The van der Waals surface area contributed by atoms with E-state index < -0.39 is 0 Å². The lowest BCUT2D eigenvalue weighted by Crippen LogP contribution is -2.41. The fraction of sp³-hybridized carbons (Fsp3) is 0.625. The van der Waals surface area contributed by atoms with Crippen molar-refractivity contribution in [1.82, 2.24) is 5.32 Å². The van der Waals surface area contributed by atoms with Crippen molar-refractivity contribution in [3.05, 3.63) is 29.3 Å². The Balaban J connectivity index is 1.89. The minimum Gasteiger partial charge on any atom is -0.492 e. The molecule has 0 radical (unpaired) electrons. The van der Waals surface area contributed by atoms with Crippen LogP contribution in [0.2, 0.25) is 5.02 Å². The molecule has 19 heavy (non-hydrogen) atoms. The predicted octanol–water partition coefficient (Wildman–Crippen LogP) is 4.28. The van der Waals surface area contributed by atoms with Crippen LogP contribution in [0.15, 0.2) is 24.3 Å². The summed E-state index contributed by atoms with van der Waals surface area (Å²) in [6.45, 7) is 3.90. The zero-order chi connectivity index (χ0) is 13.5. The maximum Gasteiger partial charge on any atom is 0.120 e. The van der Waals surface area contributed by atoms with Gasteiger partial charge in [0.1, 0.15) is 12.4 Å². The van der Waals surface area contributed by atoms with Gasteiger partial charge in [0.2, 0.25) is 0 Å². The molecule has 1 aliphatic rings. The van der Waals surface area contributed by atoms with Crippen LogP contribution in [0.25, 0.3) is 0 Å². The lowest BCUT2D eigenvalue weighted by atomic mass is 9.84. The van der Waals surface area contributed by atoms with Gasteiger partial charge >= 0.3 is 0 Å². The van der Waals surface area contributed by atoms with E-state index in [-0.39, 0.29) is 0 Å². The maximum atomic E-state index is 5.97. The standard InChI is InChI=1S/C16H24ClNO/c1-2-18-16(13-7-4-3-5-8-13)12-19-15-10-6-9-14(17)11-15/h6,9-11,13,16,18H,2-5,7-8,12H2,1H3. The van der Waals surface area contributed by atoms with Crippen LogP contribution in [0.4, 0.5) is 0 Å². The third-order valence-corrected chi connectivity index (χ3v) is 4.15. The molecule has 1 saturated carbocycles. The van der Waals surface area contributed by atoms with E-state index in [0.717, 1.165) is 29.8 Å². The molecule has 0 heterocycles. The van der Waals surface area contributed by atoms with Gasteiger partial charge < -0.3 is 10.1 Å². The van der Waals surface area contributed by atoms with E-state index in [9.17, 15) is 0 Å². The van der Waals surface area contributed by atoms with Gasteiger partial charge in [0.05, 0.1) is 0 Å². The van der Waals surface area contributed by atoms with Crippen LogP contribution in [-0.2, 0) is 0 Å². The van der Waals surface area contributed by atoms with Crippen molar-refractivity contribution >= 4 is 11.6 Å². The van der Waals surface area contributed by atoms with E-state index in [1.165, 1.54) is 32.1 Å². The zero-order valence-electron chi connectivity index (χ0n) is 11.7. The van der Waals surface area contributed by atoms with Gasteiger partial charge in [-0.25, -0.2) is 0 Å². The number of rotatable bonds is 6. The Hall–Kier alpha value is -0.730. The van der Waals surface area contributed by atoms with Gasteiger partial charge in [0.15, 0.2) is 0 Å². The topological polar surface area (TPSA) is 21.3 Å². The Kier molecular flexibility index (Phi) is 5.99. The van der Waals surface area contributed by atoms with E-state index in [2.05, 4.69) is 12.2 Å². The normalized spacial score (nSPS) is 18.2. The fourth-order valence-electron chi connectivity index (χ4n) is 2.90. The molecule has 3 heteroatoms. The average Bonchev–Trinajstić information content (AvgIpc) is 2.44. The number of nitrogens with one attached hydrogen (secondary N) is 1. The quantitative estimate of drug-likeness (QED) is 0.840. The van der Waals surface area contributed by atoms with Crippen LogP contribution < -0.4 is 10.1 Å². The van der Waals surface area contributed by atoms with Crippen molar-refractivity contribution in [2.24, 2.45) is 5.92 Å². The first-order valence-electron chi connectivity index (χ1n) is 7.41. The summed E-state index contributed by atoms with van der Waals surface area (Å²) in [5.41, 5.74) is 0. The number of hydrogen-bond acceptors (Lipinski definition) is 2. The molecule has 1 N–H and O–H groups in total. The minimum atomic E-state index is 0.462. The van der Waals surface area contributed by atoms with Gasteiger partial charge in [0, 0.05) is 11.1 Å². The number of halogens is 1. The van der Waals surface area contributed by atoms with E-state index in [0.29, 0.717) is 6.04 Å². The summed E-state index contributed by atoms with van der Waals surface area (Å²) in [7, 11) is 0. The molecule has 0 bridgehead atoms. The van der Waals surface area contributed by atoms with Crippen LogP contribution in [-0.4, -0.2) is 19.2 Å². The molecule has 1 unspecified atom stereocenters. The summed E-state index contributed by atoms with van der Waals surface area (Å²) >= 11 is 5.97. The second kappa shape index (κ2) is 7.76. The van der Waals surface area contributed by atoms with Gasteiger partial charge in [-0.1, -0.05) is 43.9 Å². The monoisotopic (exact) mass is 281 g/mol. The molecule has 1 aromatic rings. The summed E-state index contributed by atoms with van der Waals surface area (Å²) in [5, 5.41) is 4.31. The van der Waals surface area contributed by atoms with E-state index >= 15 is 0 Å². The number of benzene rings is 1. The van der Waals surface area contributed by atoms with E-state index in [1.54, 1.807) is 0 Å². The Morgan fingerprint density at radius 1 is 1.32 bits per heavy atom. The molecule has 1 atom stereocenters. The molecule has 2 nitrogen and oxygen atoms in total. The number of likely N-dealkylation sites (N-methyl/N-ethyl adjacent to an activating group) is 1. The summed E-state index contributed by atoms with van der Waals surface area (Å²) in [6.07, 6.45) is 6.78. The lowest BCUT2D eigenvalue weighted by Gasteiger charge is -2.30. The highest BCUT2D eigenvalue weighted by molar-refractivity contribution is 6.30. The third kappa shape index (κ3) is 4.70. The summed E-state index contributed by atoms with van der Waals surface area (Å²) < 4.78 is 5.91. The summed E-state index contributed by atoms with van der Waals surface area (Å²) in [5.74, 6) is 1.62. The molecular formula is C16H24ClNO. The Bertz CT molecular complexity index is 377. The zero-order valence-corrected chi connectivity index (χ0v) is 12.5. The highest BCUT2D eigenvalue weighted by Gasteiger charge is 2.23. The van der Waals surface area contributed by atoms with Gasteiger partial charge in [-0.15, -0.1) is 0 Å². The number of ether oxygens (including phenoxy) is 1. The van der Waals surface area contributed by atoms with Gasteiger partial charge in [-0.3, -0.25) is 0 Å². The molecule has 0 aromatic heterocycles. The third-order valence-electron chi connectivity index (χ3n) is 3.91. The highest BCUT2D eigenvalue weighted by atomic mass is 35.5.